The quantitative estimate of drug-likeness (QED) is 0.409. The van der Waals surface area contributed by atoms with Gasteiger partial charge >= 0.3 is 0 Å². The smallest absolute Gasteiger partial charge is 0.0951 e. The lowest BCUT2D eigenvalue weighted by Crippen LogP contribution is -2.06. The molecule has 0 atom stereocenters. The average Bonchev–Trinajstić information content (AvgIpc) is 1.69. The monoisotopic (exact) mass is 98.0 g/mol. The van der Waals surface area contributed by atoms with Gasteiger partial charge in [-0.25, -0.2) is 5.12 Å². The van der Waals surface area contributed by atoms with E-state index in [1.807, 2.05) is 0 Å². The molecule has 2 heteroatoms. The van der Waals surface area contributed by atoms with Crippen LogP contribution in [0, 0.1) is 6.20 Å². The molecule has 7 heavy (non-hydrogen) atoms. The molecule has 1 aliphatic rings. The van der Waals surface area contributed by atoms with Crippen molar-refractivity contribution in [1.82, 2.24) is 5.12 Å². The minimum atomic E-state index is 0.330. The lowest BCUT2D eigenvalue weighted by Gasteiger charge is -2.04. The molecule has 0 N–H and O–H groups in total. The third-order valence-electron chi connectivity index (χ3n) is 0.713. The summed E-state index contributed by atoms with van der Waals surface area (Å²) in [5, 5.41) is 0.500. The van der Waals surface area contributed by atoms with Crippen LogP contribution in [0.2, 0.25) is 0 Å². The highest BCUT2D eigenvalue weighted by molar-refractivity contribution is 5.03. The van der Waals surface area contributed by atoms with Gasteiger partial charge in [-0.15, -0.1) is 0 Å². The van der Waals surface area contributed by atoms with Crippen molar-refractivity contribution in [2.24, 2.45) is 0 Å². The topological polar surface area (TPSA) is 3.24 Å². The van der Waals surface area contributed by atoms with E-state index in [1.165, 1.54) is 6.08 Å². The second-order valence-corrected chi connectivity index (χ2v) is 1.27. The number of hydrogen-bond acceptors (Lipinski definition) is 1. The molecule has 0 saturated carbocycles. The largest absolute Gasteiger partial charge is 0.206 e. The van der Waals surface area contributed by atoms with Crippen molar-refractivity contribution in [3.05, 3.63) is 24.4 Å². The summed E-state index contributed by atoms with van der Waals surface area (Å²) in [6.07, 6.45) is 7.35. The second-order valence-electron chi connectivity index (χ2n) is 1.27. The van der Waals surface area contributed by atoms with Crippen LogP contribution >= 0.6 is 0 Å². The molecule has 0 saturated heterocycles. The van der Waals surface area contributed by atoms with Crippen molar-refractivity contribution in [2.75, 3.05) is 6.54 Å². The molecule has 0 spiro atoms. The van der Waals surface area contributed by atoms with Crippen molar-refractivity contribution in [3.8, 4) is 0 Å². The van der Waals surface area contributed by atoms with E-state index in [0.29, 0.717) is 11.7 Å². The van der Waals surface area contributed by atoms with Crippen LogP contribution in [-0.4, -0.2) is 11.7 Å². The number of halogens is 1. The van der Waals surface area contributed by atoms with Crippen LogP contribution in [0.25, 0.3) is 0 Å². The normalized spacial score (nSPS) is 18.1. The van der Waals surface area contributed by atoms with Gasteiger partial charge < -0.3 is 0 Å². The van der Waals surface area contributed by atoms with Gasteiger partial charge in [-0.3, -0.25) is 0 Å². The Hall–Kier alpha value is -0.790. The van der Waals surface area contributed by atoms with Crippen molar-refractivity contribution < 1.29 is 4.48 Å². The fourth-order valence-electron chi connectivity index (χ4n) is 0.398. The average molecular weight is 98.1 g/mol. The zero-order chi connectivity index (χ0) is 5.11. The molecule has 0 bridgehead atoms. The van der Waals surface area contributed by atoms with Crippen LogP contribution in [0.15, 0.2) is 18.2 Å². The van der Waals surface area contributed by atoms with Crippen molar-refractivity contribution in [2.45, 2.75) is 0 Å². The Bertz CT molecular complexity index is 107. The molecule has 0 aromatic rings. The van der Waals surface area contributed by atoms with Gasteiger partial charge in [0.2, 0.25) is 0 Å². The lowest BCUT2D eigenvalue weighted by molar-refractivity contribution is 0.0925. The molecule has 1 rings (SSSR count). The molecule has 1 radical (unpaired) electrons. The summed E-state index contributed by atoms with van der Waals surface area (Å²) in [4.78, 5) is 0. The van der Waals surface area contributed by atoms with Crippen LogP contribution < -0.4 is 0 Å². The minimum Gasteiger partial charge on any atom is -0.206 e. The molecular weight excluding hydrogens is 93.1 g/mol. The van der Waals surface area contributed by atoms with E-state index in [-0.39, 0.29) is 0 Å². The Balaban J connectivity index is 2.49. The van der Waals surface area contributed by atoms with Gasteiger partial charge in [0.05, 0.1) is 12.7 Å². The molecule has 0 aliphatic carbocycles. The Labute approximate surface area is 41.7 Å². The molecule has 1 aliphatic heterocycles. The molecule has 0 aromatic heterocycles. The van der Waals surface area contributed by atoms with Gasteiger partial charge in [0, 0.05) is 0 Å². The number of allylic oxidation sites excluding steroid dienone is 2. The van der Waals surface area contributed by atoms with Crippen molar-refractivity contribution in [1.29, 1.82) is 0 Å². The maximum atomic E-state index is 11.8. The molecule has 0 unspecified atom stereocenters. The Morgan fingerprint density at radius 2 is 2.57 bits per heavy atom. The SMILES string of the molecule is FN1[C]=CC=CC1. The highest BCUT2D eigenvalue weighted by atomic mass is 19.2. The first-order valence-corrected chi connectivity index (χ1v) is 2.07. The molecule has 1 heterocycles. The number of hydrogen-bond donors (Lipinski definition) is 0. The highest BCUT2D eigenvalue weighted by Gasteiger charge is 1.92. The molecule has 37 valence electrons. The first kappa shape index (κ1) is 4.37. The molecule has 1 nitrogen and oxygen atoms in total. The highest BCUT2D eigenvalue weighted by Crippen LogP contribution is 1.94. The van der Waals surface area contributed by atoms with Crippen LogP contribution in [0.3, 0.4) is 0 Å². The van der Waals surface area contributed by atoms with E-state index in [1.54, 1.807) is 12.2 Å². The van der Waals surface area contributed by atoms with E-state index >= 15 is 0 Å². The first-order valence-electron chi connectivity index (χ1n) is 2.07. The zero-order valence-electron chi connectivity index (χ0n) is 3.76. The number of rotatable bonds is 0. The van der Waals surface area contributed by atoms with E-state index in [4.69, 9.17) is 0 Å². The maximum Gasteiger partial charge on any atom is 0.0951 e. The van der Waals surface area contributed by atoms with Crippen LogP contribution in [0.5, 0.6) is 0 Å². The maximum absolute atomic E-state index is 11.8. The van der Waals surface area contributed by atoms with Crippen LogP contribution in [-0.2, 0) is 0 Å². The summed E-state index contributed by atoms with van der Waals surface area (Å²) < 4.78 is 11.8. The van der Waals surface area contributed by atoms with Gasteiger partial charge in [-0.1, -0.05) is 16.6 Å². The first-order chi connectivity index (χ1) is 3.39. The summed E-state index contributed by atoms with van der Waals surface area (Å²) in [6, 6.07) is 0. The predicted molar refractivity (Wildman–Crippen MR) is 24.8 cm³/mol. The molecule has 0 amide bonds. The Kier molecular flexibility index (Phi) is 1.11. The minimum absolute atomic E-state index is 0.330. The van der Waals surface area contributed by atoms with Crippen LogP contribution in [0.4, 0.5) is 4.48 Å². The molecule has 0 fully saturated rings. The standard InChI is InChI=1S/C5H5FN/c6-7-4-2-1-3-5-7/h1-3H,4H2. The fourth-order valence-corrected chi connectivity index (χ4v) is 0.398. The number of nitrogens with zero attached hydrogens (tertiary/aromatic N) is 1. The predicted octanol–water partition coefficient (Wildman–Crippen LogP) is 1.06. The summed E-state index contributed by atoms with van der Waals surface area (Å²) in [5.41, 5.74) is 0. The lowest BCUT2D eigenvalue weighted by atomic mass is 10.4. The van der Waals surface area contributed by atoms with E-state index in [2.05, 4.69) is 6.20 Å². The van der Waals surface area contributed by atoms with Gasteiger partial charge in [0.15, 0.2) is 0 Å². The van der Waals surface area contributed by atoms with Gasteiger partial charge in [-0.05, 0) is 6.08 Å². The van der Waals surface area contributed by atoms with Gasteiger partial charge in [0.1, 0.15) is 0 Å². The Morgan fingerprint density at radius 1 is 1.71 bits per heavy atom. The summed E-state index contributed by atoms with van der Waals surface area (Å²) in [6.45, 7) is 0.330. The van der Waals surface area contributed by atoms with Gasteiger partial charge in [0.25, 0.3) is 0 Å². The van der Waals surface area contributed by atoms with E-state index in [0.717, 1.165) is 0 Å². The Morgan fingerprint density at radius 3 is 2.86 bits per heavy atom. The van der Waals surface area contributed by atoms with E-state index < -0.39 is 0 Å². The third kappa shape index (κ3) is 1.03. The van der Waals surface area contributed by atoms with E-state index in [9.17, 15) is 4.48 Å². The summed E-state index contributed by atoms with van der Waals surface area (Å²) >= 11 is 0. The van der Waals surface area contributed by atoms with Gasteiger partial charge in [-0.2, -0.15) is 0 Å². The van der Waals surface area contributed by atoms with Crippen molar-refractivity contribution >= 4 is 0 Å². The summed E-state index contributed by atoms with van der Waals surface area (Å²) in [5.74, 6) is 0. The molecule has 0 aromatic carbocycles. The fraction of sp³-hybridized carbons (Fsp3) is 0.200. The zero-order valence-corrected chi connectivity index (χ0v) is 3.76. The third-order valence-corrected chi connectivity index (χ3v) is 0.713. The van der Waals surface area contributed by atoms with Crippen LogP contribution in [0.1, 0.15) is 0 Å². The summed E-state index contributed by atoms with van der Waals surface area (Å²) in [7, 11) is 0. The second kappa shape index (κ2) is 1.78. The molecular formula is C5H5FN. The van der Waals surface area contributed by atoms with Crippen molar-refractivity contribution in [3.63, 3.8) is 0 Å².